The number of carbonyl (C=O) groups is 1. The number of H-pyrrole nitrogens is 1. The molecule has 0 unspecified atom stereocenters. The van der Waals surface area contributed by atoms with Crippen LogP contribution in [0.25, 0.3) is 11.3 Å². The van der Waals surface area contributed by atoms with Crippen LogP contribution in [-0.4, -0.2) is 22.1 Å². The highest BCUT2D eigenvalue weighted by molar-refractivity contribution is 5.99. The number of nitrogens with zero attached hydrogens (tertiary/aromatic N) is 1. The third kappa shape index (κ3) is 2.99. The van der Waals surface area contributed by atoms with E-state index in [0.717, 1.165) is 12.0 Å². The normalized spacial score (nSPS) is 12.2. The molecule has 5 heteroatoms. The molecule has 2 rings (SSSR count). The maximum Gasteiger partial charge on any atom is 0.255 e. The van der Waals surface area contributed by atoms with Crippen molar-refractivity contribution in [3.05, 3.63) is 41.8 Å². The zero-order valence-electron chi connectivity index (χ0n) is 10.9. The maximum absolute atomic E-state index is 12.9. The molecule has 0 aliphatic carbocycles. The fourth-order valence-corrected chi connectivity index (χ4v) is 1.70. The van der Waals surface area contributed by atoms with Crippen LogP contribution in [0, 0.1) is 5.82 Å². The first kappa shape index (κ1) is 13.3. The van der Waals surface area contributed by atoms with E-state index < -0.39 is 0 Å². The second-order valence-electron chi connectivity index (χ2n) is 4.45. The lowest BCUT2D eigenvalue weighted by Gasteiger charge is -2.11. The summed E-state index contributed by atoms with van der Waals surface area (Å²) in [6, 6.07) is 6.04. The van der Waals surface area contributed by atoms with Gasteiger partial charge in [-0.15, -0.1) is 0 Å². The van der Waals surface area contributed by atoms with E-state index in [9.17, 15) is 9.18 Å². The van der Waals surface area contributed by atoms with Crippen molar-refractivity contribution in [3.63, 3.8) is 0 Å². The van der Waals surface area contributed by atoms with Gasteiger partial charge in [0.05, 0.1) is 17.5 Å². The van der Waals surface area contributed by atoms with Crippen molar-refractivity contribution in [2.45, 2.75) is 26.3 Å². The second-order valence-corrected chi connectivity index (χ2v) is 4.45. The molecular weight excluding hydrogens is 245 g/mol. The van der Waals surface area contributed by atoms with Gasteiger partial charge in [0.2, 0.25) is 0 Å². The Morgan fingerprint density at radius 2 is 2.11 bits per heavy atom. The second kappa shape index (κ2) is 5.65. The number of halogens is 1. The third-order valence-electron chi connectivity index (χ3n) is 3.01. The summed E-state index contributed by atoms with van der Waals surface area (Å²) in [6.45, 7) is 3.94. The lowest BCUT2D eigenvalue weighted by atomic mass is 10.1. The van der Waals surface area contributed by atoms with E-state index in [0.29, 0.717) is 11.3 Å². The molecule has 0 aliphatic heterocycles. The summed E-state index contributed by atoms with van der Waals surface area (Å²) in [5.41, 5.74) is 1.79. The number of nitrogens with one attached hydrogen (secondary N) is 2. The molecule has 2 aromatic rings. The molecule has 0 spiro atoms. The highest BCUT2D eigenvalue weighted by Gasteiger charge is 2.16. The Bertz CT molecular complexity index is 562. The number of hydrogen-bond acceptors (Lipinski definition) is 2. The molecule has 0 radical (unpaired) electrons. The summed E-state index contributed by atoms with van der Waals surface area (Å²) in [7, 11) is 0. The van der Waals surface area contributed by atoms with Crippen LogP contribution in [0.4, 0.5) is 4.39 Å². The quantitative estimate of drug-likeness (QED) is 0.889. The fraction of sp³-hybridized carbons (Fsp3) is 0.286. The van der Waals surface area contributed by atoms with Gasteiger partial charge < -0.3 is 5.32 Å². The van der Waals surface area contributed by atoms with Crippen molar-refractivity contribution in [2.75, 3.05) is 0 Å². The van der Waals surface area contributed by atoms with Crippen LogP contribution in [0.3, 0.4) is 0 Å². The highest BCUT2D eigenvalue weighted by atomic mass is 19.1. The lowest BCUT2D eigenvalue weighted by molar-refractivity contribution is 0.0940. The maximum atomic E-state index is 12.9. The van der Waals surface area contributed by atoms with Crippen LogP contribution in [0.15, 0.2) is 30.5 Å². The first-order valence-corrected chi connectivity index (χ1v) is 6.22. The summed E-state index contributed by atoms with van der Waals surface area (Å²) in [4.78, 5) is 12.1. The van der Waals surface area contributed by atoms with E-state index in [2.05, 4.69) is 15.5 Å². The molecule has 0 saturated heterocycles. The third-order valence-corrected chi connectivity index (χ3v) is 3.01. The Kier molecular flexibility index (Phi) is 3.94. The average Bonchev–Trinajstić information content (AvgIpc) is 2.88. The summed E-state index contributed by atoms with van der Waals surface area (Å²) in [5.74, 6) is -0.490. The van der Waals surface area contributed by atoms with E-state index in [1.165, 1.54) is 18.3 Å². The van der Waals surface area contributed by atoms with Crippen molar-refractivity contribution in [1.82, 2.24) is 15.5 Å². The van der Waals surface area contributed by atoms with E-state index in [-0.39, 0.29) is 17.8 Å². The fourth-order valence-electron chi connectivity index (χ4n) is 1.70. The first-order valence-electron chi connectivity index (χ1n) is 6.22. The van der Waals surface area contributed by atoms with E-state index in [4.69, 9.17) is 0 Å². The number of aromatic amines is 1. The van der Waals surface area contributed by atoms with Gasteiger partial charge in [0.1, 0.15) is 5.82 Å². The van der Waals surface area contributed by atoms with Crippen molar-refractivity contribution >= 4 is 5.91 Å². The van der Waals surface area contributed by atoms with Crippen LogP contribution in [0.2, 0.25) is 0 Å². The minimum atomic E-state index is -0.311. The zero-order valence-corrected chi connectivity index (χ0v) is 10.9. The summed E-state index contributed by atoms with van der Waals surface area (Å²) in [6.07, 6.45) is 2.34. The molecule has 2 N–H and O–H groups in total. The van der Waals surface area contributed by atoms with Crippen LogP contribution >= 0.6 is 0 Å². The van der Waals surface area contributed by atoms with Gasteiger partial charge >= 0.3 is 0 Å². The molecule has 100 valence electrons. The molecule has 19 heavy (non-hydrogen) atoms. The first-order chi connectivity index (χ1) is 9.11. The zero-order chi connectivity index (χ0) is 13.8. The minimum Gasteiger partial charge on any atom is -0.349 e. The van der Waals surface area contributed by atoms with Crippen molar-refractivity contribution in [2.24, 2.45) is 0 Å². The van der Waals surface area contributed by atoms with Gasteiger partial charge in [-0.3, -0.25) is 9.89 Å². The number of hydrogen-bond donors (Lipinski definition) is 2. The SMILES string of the molecule is CC[C@H](C)NC(=O)c1cn[nH]c1-c1ccc(F)cc1. The summed E-state index contributed by atoms with van der Waals surface area (Å²) >= 11 is 0. The minimum absolute atomic E-state index is 0.100. The van der Waals surface area contributed by atoms with E-state index in [1.807, 2.05) is 13.8 Å². The van der Waals surface area contributed by atoms with Gasteiger partial charge in [0.25, 0.3) is 5.91 Å². The summed E-state index contributed by atoms with van der Waals surface area (Å²) in [5, 5.41) is 9.56. The average molecular weight is 261 g/mol. The number of rotatable bonds is 4. The van der Waals surface area contributed by atoms with Crippen molar-refractivity contribution in [3.8, 4) is 11.3 Å². The Morgan fingerprint density at radius 3 is 2.74 bits per heavy atom. The molecule has 1 atom stereocenters. The van der Waals surface area contributed by atoms with Gasteiger partial charge in [-0.05, 0) is 37.6 Å². The van der Waals surface area contributed by atoms with Gasteiger partial charge in [0.15, 0.2) is 0 Å². The lowest BCUT2D eigenvalue weighted by Crippen LogP contribution is -2.32. The molecule has 4 nitrogen and oxygen atoms in total. The van der Waals surface area contributed by atoms with Gasteiger partial charge in [-0.1, -0.05) is 6.92 Å². The van der Waals surface area contributed by atoms with Gasteiger partial charge in [-0.25, -0.2) is 4.39 Å². The molecule has 1 heterocycles. The largest absolute Gasteiger partial charge is 0.349 e. The van der Waals surface area contributed by atoms with Crippen LogP contribution in [-0.2, 0) is 0 Å². The van der Waals surface area contributed by atoms with E-state index in [1.54, 1.807) is 12.1 Å². The van der Waals surface area contributed by atoms with Gasteiger partial charge in [0, 0.05) is 11.6 Å². The van der Waals surface area contributed by atoms with Crippen molar-refractivity contribution in [1.29, 1.82) is 0 Å². The van der Waals surface area contributed by atoms with E-state index >= 15 is 0 Å². The molecule has 1 aromatic heterocycles. The smallest absolute Gasteiger partial charge is 0.255 e. The number of benzene rings is 1. The monoisotopic (exact) mass is 261 g/mol. The standard InChI is InChI=1S/C14H16FN3O/c1-3-9(2)17-14(19)12-8-16-18-13(12)10-4-6-11(15)7-5-10/h4-9H,3H2,1-2H3,(H,16,18)(H,17,19)/t9-/m0/s1. The molecule has 0 aliphatic rings. The number of amides is 1. The topological polar surface area (TPSA) is 57.8 Å². The Morgan fingerprint density at radius 1 is 1.42 bits per heavy atom. The number of aromatic nitrogens is 2. The number of carbonyl (C=O) groups excluding carboxylic acids is 1. The molecular formula is C14H16FN3O. The Labute approximate surface area is 111 Å². The van der Waals surface area contributed by atoms with Crippen molar-refractivity contribution < 1.29 is 9.18 Å². The Hall–Kier alpha value is -2.17. The summed E-state index contributed by atoms with van der Waals surface area (Å²) < 4.78 is 12.9. The predicted octanol–water partition coefficient (Wildman–Crippen LogP) is 2.74. The van der Waals surface area contributed by atoms with Crippen LogP contribution < -0.4 is 5.32 Å². The molecule has 0 saturated carbocycles. The van der Waals surface area contributed by atoms with Crippen LogP contribution in [0.5, 0.6) is 0 Å². The Balaban J connectivity index is 2.27. The highest BCUT2D eigenvalue weighted by Crippen LogP contribution is 2.21. The molecule has 1 amide bonds. The van der Waals surface area contributed by atoms with Gasteiger partial charge in [-0.2, -0.15) is 5.10 Å². The molecule has 1 aromatic carbocycles. The predicted molar refractivity (Wildman–Crippen MR) is 71.2 cm³/mol. The molecule has 0 bridgehead atoms. The molecule has 0 fully saturated rings. The van der Waals surface area contributed by atoms with Crippen LogP contribution in [0.1, 0.15) is 30.6 Å².